The Hall–Kier alpha value is -3.42. The van der Waals surface area contributed by atoms with Crippen LogP contribution in [0.2, 0.25) is 0 Å². The van der Waals surface area contributed by atoms with Crippen LogP contribution in [-0.4, -0.2) is 58.2 Å². The van der Waals surface area contributed by atoms with E-state index in [0.717, 1.165) is 29.9 Å². The zero-order chi connectivity index (χ0) is 23.5. The summed E-state index contributed by atoms with van der Waals surface area (Å²) < 4.78 is 21.6. The molecule has 2 aliphatic heterocycles. The molecule has 2 aliphatic rings. The Kier molecular flexibility index (Phi) is 6.62. The predicted molar refractivity (Wildman–Crippen MR) is 123 cm³/mol. The summed E-state index contributed by atoms with van der Waals surface area (Å²) in [4.78, 5) is 30.0. The monoisotopic (exact) mass is 454 g/mol. The van der Waals surface area contributed by atoms with Crippen molar-refractivity contribution in [2.24, 2.45) is 5.92 Å². The van der Waals surface area contributed by atoms with E-state index in [9.17, 15) is 9.59 Å². The smallest absolute Gasteiger partial charge is 0.228 e. The zero-order valence-electron chi connectivity index (χ0n) is 19.5. The zero-order valence-corrected chi connectivity index (χ0v) is 19.5. The van der Waals surface area contributed by atoms with Gasteiger partial charge in [0.2, 0.25) is 11.8 Å². The largest absolute Gasteiger partial charge is 0.497 e. The topological polar surface area (TPSA) is 77.5 Å². The van der Waals surface area contributed by atoms with E-state index in [4.69, 9.17) is 18.9 Å². The van der Waals surface area contributed by atoms with Crippen molar-refractivity contribution in [2.75, 3.05) is 46.4 Å². The molecule has 0 aromatic heterocycles. The van der Waals surface area contributed by atoms with Crippen LogP contribution in [0, 0.1) is 5.92 Å². The van der Waals surface area contributed by atoms with Gasteiger partial charge in [0.05, 0.1) is 40.4 Å². The van der Waals surface area contributed by atoms with Crippen LogP contribution in [0.3, 0.4) is 0 Å². The lowest BCUT2D eigenvalue weighted by Gasteiger charge is -2.29. The molecule has 33 heavy (non-hydrogen) atoms. The third-order valence-corrected chi connectivity index (χ3v) is 6.48. The highest BCUT2D eigenvalue weighted by molar-refractivity contribution is 6.00. The summed E-state index contributed by atoms with van der Waals surface area (Å²) in [5, 5.41) is 0. The summed E-state index contributed by atoms with van der Waals surface area (Å²) in [5.74, 6) is 2.11. The Balaban J connectivity index is 1.55. The molecule has 2 amide bonds. The molecule has 2 unspecified atom stereocenters. The van der Waals surface area contributed by atoms with Crippen LogP contribution < -0.4 is 23.8 Å². The number of likely N-dealkylation sites (tertiary alicyclic amines) is 1. The van der Waals surface area contributed by atoms with E-state index in [0.29, 0.717) is 30.3 Å². The second kappa shape index (κ2) is 9.60. The Morgan fingerprint density at radius 1 is 0.909 bits per heavy atom. The van der Waals surface area contributed by atoms with Gasteiger partial charge in [0.25, 0.3) is 0 Å². The average Bonchev–Trinajstić information content (AvgIpc) is 3.49. The number of hydrogen-bond acceptors (Lipinski definition) is 6. The van der Waals surface area contributed by atoms with Gasteiger partial charge in [0, 0.05) is 36.8 Å². The highest BCUT2D eigenvalue weighted by Gasteiger charge is 2.41. The lowest BCUT2D eigenvalue weighted by molar-refractivity contribution is -0.136. The standard InChI is InChI=1S/C25H30N2O6/c1-30-18-8-10-21(31-2)19(14-18)20-6-5-11-26(20)25(29)16-12-24(28)27(15-16)17-7-9-22(32-3)23(13-17)33-4/h7-10,13-14,16,20H,5-6,11-12,15H2,1-4H3. The molecule has 2 aromatic carbocycles. The van der Waals surface area contributed by atoms with Gasteiger partial charge < -0.3 is 28.7 Å². The van der Waals surface area contributed by atoms with Gasteiger partial charge >= 0.3 is 0 Å². The van der Waals surface area contributed by atoms with Gasteiger partial charge in [0.1, 0.15) is 11.5 Å². The van der Waals surface area contributed by atoms with Gasteiger partial charge in [-0.25, -0.2) is 0 Å². The Morgan fingerprint density at radius 3 is 2.33 bits per heavy atom. The van der Waals surface area contributed by atoms with Crippen molar-refractivity contribution in [3.63, 3.8) is 0 Å². The molecule has 176 valence electrons. The average molecular weight is 455 g/mol. The highest BCUT2D eigenvalue weighted by atomic mass is 16.5. The minimum atomic E-state index is -0.400. The van der Waals surface area contributed by atoms with E-state index in [1.807, 2.05) is 29.2 Å². The van der Waals surface area contributed by atoms with Gasteiger partial charge in [-0.3, -0.25) is 9.59 Å². The molecule has 0 spiro atoms. The first-order valence-electron chi connectivity index (χ1n) is 11.1. The van der Waals surface area contributed by atoms with Crippen molar-refractivity contribution >= 4 is 17.5 Å². The van der Waals surface area contributed by atoms with E-state index in [1.54, 1.807) is 45.5 Å². The Labute approximate surface area is 194 Å². The van der Waals surface area contributed by atoms with E-state index < -0.39 is 5.92 Å². The second-order valence-electron chi connectivity index (χ2n) is 8.24. The van der Waals surface area contributed by atoms with E-state index in [2.05, 4.69) is 0 Å². The maximum absolute atomic E-state index is 13.6. The quantitative estimate of drug-likeness (QED) is 0.638. The van der Waals surface area contributed by atoms with Crippen LogP contribution in [0.25, 0.3) is 0 Å². The molecule has 0 saturated carbocycles. The van der Waals surface area contributed by atoms with Gasteiger partial charge in [-0.15, -0.1) is 0 Å². The summed E-state index contributed by atoms with van der Waals surface area (Å²) in [6.45, 7) is 0.997. The molecule has 2 heterocycles. The first kappa shape index (κ1) is 22.8. The maximum Gasteiger partial charge on any atom is 0.228 e. The normalized spacial score (nSPS) is 20.2. The first-order chi connectivity index (χ1) is 16.0. The van der Waals surface area contributed by atoms with Gasteiger partial charge in [-0.05, 0) is 43.2 Å². The van der Waals surface area contributed by atoms with E-state index in [-0.39, 0.29) is 24.3 Å². The molecule has 0 radical (unpaired) electrons. The molecule has 8 nitrogen and oxygen atoms in total. The summed E-state index contributed by atoms with van der Waals surface area (Å²) in [6, 6.07) is 10.9. The predicted octanol–water partition coefficient (Wildman–Crippen LogP) is 3.44. The lowest BCUT2D eigenvalue weighted by Crippen LogP contribution is -2.37. The molecule has 0 N–H and O–H groups in total. The molecule has 0 bridgehead atoms. The van der Waals surface area contributed by atoms with Crippen molar-refractivity contribution in [1.29, 1.82) is 0 Å². The molecule has 0 aliphatic carbocycles. The summed E-state index contributed by atoms with van der Waals surface area (Å²) >= 11 is 0. The number of amides is 2. The highest BCUT2D eigenvalue weighted by Crippen LogP contribution is 2.41. The van der Waals surface area contributed by atoms with Gasteiger partial charge in [-0.2, -0.15) is 0 Å². The van der Waals surface area contributed by atoms with E-state index >= 15 is 0 Å². The molecule has 8 heteroatoms. The SMILES string of the molecule is COc1ccc(OC)c(C2CCCN2C(=O)C2CC(=O)N(c3ccc(OC)c(OC)c3)C2)c1. The van der Waals surface area contributed by atoms with Crippen LogP contribution in [-0.2, 0) is 9.59 Å². The van der Waals surface area contributed by atoms with Crippen molar-refractivity contribution < 1.29 is 28.5 Å². The van der Waals surface area contributed by atoms with Crippen LogP contribution >= 0.6 is 0 Å². The number of methoxy groups -OCH3 is 4. The van der Waals surface area contributed by atoms with Crippen molar-refractivity contribution in [3.05, 3.63) is 42.0 Å². The molecule has 2 fully saturated rings. The van der Waals surface area contributed by atoms with Crippen LogP contribution in [0.1, 0.15) is 30.9 Å². The first-order valence-corrected chi connectivity index (χ1v) is 11.1. The number of ether oxygens (including phenoxy) is 4. The second-order valence-corrected chi connectivity index (χ2v) is 8.24. The summed E-state index contributed by atoms with van der Waals surface area (Å²) in [5.41, 5.74) is 1.63. The molecule has 2 atom stereocenters. The van der Waals surface area contributed by atoms with E-state index in [1.165, 1.54) is 0 Å². The van der Waals surface area contributed by atoms with Crippen LogP contribution in [0.5, 0.6) is 23.0 Å². The number of carbonyl (C=O) groups is 2. The molecule has 2 aromatic rings. The fourth-order valence-corrected chi connectivity index (χ4v) is 4.80. The third-order valence-electron chi connectivity index (χ3n) is 6.48. The van der Waals surface area contributed by atoms with Gasteiger partial charge in [-0.1, -0.05) is 0 Å². The number of hydrogen-bond donors (Lipinski definition) is 0. The van der Waals surface area contributed by atoms with Crippen LogP contribution in [0.15, 0.2) is 36.4 Å². The summed E-state index contributed by atoms with van der Waals surface area (Å²) in [6.07, 6.45) is 1.93. The fraction of sp³-hybridized carbons (Fsp3) is 0.440. The summed E-state index contributed by atoms with van der Waals surface area (Å²) in [7, 11) is 6.37. The van der Waals surface area contributed by atoms with Crippen LogP contribution in [0.4, 0.5) is 5.69 Å². The minimum absolute atomic E-state index is 0.00120. The van der Waals surface area contributed by atoms with Crippen molar-refractivity contribution in [3.8, 4) is 23.0 Å². The molecule has 2 saturated heterocycles. The Morgan fingerprint density at radius 2 is 1.64 bits per heavy atom. The minimum Gasteiger partial charge on any atom is -0.497 e. The maximum atomic E-state index is 13.6. The number of nitrogens with zero attached hydrogens (tertiary/aromatic N) is 2. The Bertz CT molecular complexity index is 1040. The van der Waals surface area contributed by atoms with Gasteiger partial charge in [0.15, 0.2) is 11.5 Å². The number of carbonyl (C=O) groups excluding carboxylic acids is 2. The van der Waals surface area contributed by atoms with Crippen molar-refractivity contribution in [2.45, 2.75) is 25.3 Å². The molecular weight excluding hydrogens is 424 g/mol. The lowest BCUT2D eigenvalue weighted by atomic mass is 10.0. The molecular formula is C25H30N2O6. The van der Waals surface area contributed by atoms with Crippen molar-refractivity contribution in [1.82, 2.24) is 4.90 Å². The molecule has 4 rings (SSSR count). The third kappa shape index (κ3) is 4.29. The number of anilines is 1. The number of rotatable bonds is 7. The fourth-order valence-electron chi connectivity index (χ4n) is 4.80. The number of benzene rings is 2.